The van der Waals surface area contributed by atoms with Gasteiger partial charge >= 0.3 is 0 Å². The van der Waals surface area contributed by atoms with Crippen molar-refractivity contribution in [3.05, 3.63) is 60.2 Å². The molecule has 1 unspecified atom stereocenters. The number of hydrogen-bond donors (Lipinski definition) is 1. The minimum absolute atomic E-state index is 0.0424. The molecule has 1 N–H and O–H groups in total. The molecule has 2 aromatic carbocycles. The van der Waals surface area contributed by atoms with E-state index in [0.29, 0.717) is 18.0 Å². The van der Waals surface area contributed by atoms with Crippen molar-refractivity contribution in [2.75, 3.05) is 19.0 Å². The van der Waals surface area contributed by atoms with Crippen molar-refractivity contribution < 1.29 is 13.2 Å². The lowest BCUT2D eigenvalue weighted by atomic mass is 10.1. The molecule has 3 aromatic rings. The van der Waals surface area contributed by atoms with Gasteiger partial charge in [0.25, 0.3) is 0 Å². The van der Waals surface area contributed by atoms with Gasteiger partial charge in [0.2, 0.25) is 10.0 Å². The highest BCUT2D eigenvalue weighted by Crippen LogP contribution is 2.27. The van der Waals surface area contributed by atoms with Gasteiger partial charge in [0.05, 0.1) is 17.5 Å². The Bertz CT molecular complexity index is 1150. The number of methoxy groups -OCH3 is 1. The lowest BCUT2D eigenvalue weighted by Crippen LogP contribution is -2.41. The number of piperidine rings is 1. The minimum atomic E-state index is -3.49. The number of rotatable bonds is 6. The van der Waals surface area contributed by atoms with E-state index in [1.807, 2.05) is 43.3 Å². The molecule has 7 heteroatoms. The fraction of sp³-hybridized carbons (Fsp3) is 0.348. The quantitative estimate of drug-likeness (QED) is 0.633. The average molecular weight is 426 g/mol. The maximum Gasteiger partial charge on any atom is 0.243 e. The smallest absolute Gasteiger partial charge is 0.243 e. The maximum atomic E-state index is 13.1. The Labute approximate surface area is 177 Å². The van der Waals surface area contributed by atoms with Crippen LogP contribution in [0.4, 0.5) is 5.82 Å². The van der Waals surface area contributed by atoms with Gasteiger partial charge in [0, 0.05) is 24.5 Å². The molecule has 6 nitrogen and oxygen atoms in total. The summed E-state index contributed by atoms with van der Waals surface area (Å²) in [6.45, 7) is 3.20. The molecule has 1 aliphatic rings. The second-order valence-corrected chi connectivity index (χ2v) is 9.61. The van der Waals surface area contributed by atoms with E-state index in [0.717, 1.165) is 47.3 Å². The molecule has 0 bridgehead atoms. The molecule has 0 spiro atoms. The van der Waals surface area contributed by atoms with Gasteiger partial charge in [-0.05, 0) is 67.8 Å². The molecule has 30 heavy (non-hydrogen) atoms. The summed E-state index contributed by atoms with van der Waals surface area (Å²) in [5, 5.41) is 4.13. The second kappa shape index (κ2) is 8.62. The third kappa shape index (κ3) is 4.27. The molecule has 0 saturated carbocycles. The van der Waals surface area contributed by atoms with Crippen LogP contribution in [-0.4, -0.2) is 37.4 Å². The van der Waals surface area contributed by atoms with Crippen LogP contribution in [-0.2, 0) is 16.6 Å². The van der Waals surface area contributed by atoms with Crippen molar-refractivity contribution in [2.45, 2.75) is 43.7 Å². The molecule has 1 saturated heterocycles. The minimum Gasteiger partial charge on any atom is -0.497 e. The molecular formula is C23H27N3O3S. The van der Waals surface area contributed by atoms with Gasteiger partial charge in [-0.3, -0.25) is 0 Å². The first-order chi connectivity index (χ1) is 14.5. The Morgan fingerprint density at radius 2 is 2.00 bits per heavy atom. The zero-order chi connectivity index (χ0) is 21.1. The standard InChI is InChI=1S/C23H27N3O3S/c1-17-6-3-4-13-26(17)30(27,28)21-10-11-22-19(15-21)9-12-23(25-22)24-16-18-7-5-8-20(14-18)29-2/h5,7-12,14-15,17H,3-4,6,13,16H2,1-2H3,(H,24,25). The SMILES string of the molecule is COc1cccc(CNc2ccc3cc(S(=O)(=O)N4CCCCC4C)ccc3n2)c1. The molecule has 158 valence electrons. The number of anilines is 1. The van der Waals surface area contributed by atoms with E-state index < -0.39 is 10.0 Å². The molecule has 1 aromatic heterocycles. The van der Waals surface area contributed by atoms with Crippen LogP contribution in [0.25, 0.3) is 10.9 Å². The predicted molar refractivity (Wildman–Crippen MR) is 119 cm³/mol. The third-order valence-electron chi connectivity index (χ3n) is 5.62. The number of sulfonamides is 1. The van der Waals surface area contributed by atoms with Crippen LogP contribution >= 0.6 is 0 Å². The van der Waals surface area contributed by atoms with Crippen molar-refractivity contribution >= 4 is 26.7 Å². The fourth-order valence-electron chi connectivity index (χ4n) is 3.90. The van der Waals surface area contributed by atoms with Gasteiger partial charge in [-0.25, -0.2) is 13.4 Å². The number of hydrogen-bond acceptors (Lipinski definition) is 5. The Hall–Kier alpha value is -2.64. The first-order valence-corrected chi connectivity index (χ1v) is 11.7. The summed E-state index contributed by atoms with van der Waals surface area (Å²) in [5.74, 6) is 1.56. The summed E-state index contributed by atoms with van der Waals surface area (Å²) < 4.78 is 33.1. The van der Waals surface area contributed by atoms with Crippen molar-refractivity contribution in [1.82, 2.24) is 9.29 Å². The topological polar surface area (TPSA) is 71.5 Å². The second-order valence-electron chi connectivity index (χ2n) is 7.72. The lowest BCUT2D eigenvalue weighted by Gasteiger charge is -2.32. The Morgan fingerprint density at radius 1 is 1.13 bits per heavy atom. The van der Waals surface area contributed by atoms with E-state index in [1.54, 1.807) is 29.6 Å². The van der Waals surface area contributed by atoms with E-state index in [-0.39, 0.29) is 6.04 Å². The normalized spacial score (nSPS) is 17.7. The highest BCUT2D eigenvalue weighted by atomic mass is 32.2. The van der Waals surface area contributed by atoms with Crippen LogP contribution in [0.3, 0.4) is 0 Å². The van der Waals surface area contributed by atoms with E-state index in [9.17, 15) is 8.42 Å². The largest absolute Gasteiger partial charge is 0.497 e. The molecule has 0 radical (unpaired) electrons. The molecule has 1 atom stereocenters. The van der Waals surface area contributed by atoms with E-state index in [1.165, 1.54) is 0 Å². The molecule has 0 aliphatic carbocycles. The maximum absolute atomic E-state index is 13.1. The Kier molecular flexibility index (Phi) is 5.92. The summed E-state index contributed by atoms with van der Waals surface area (Å²) >= 11 is 0. The number of fused-ring (bicyclic) bond motifs is 1. The van der Waals surface area contributed by atoms with Gasteiger partial charge in [-0.15, -0.1) is 0 Å². The fourth-order valence-corrected chi connectivity index (χ4v) is 5.64. The first-order valence-electron chi connectivity index (χ1n) is 10.3. The number of benzene rings is 2. The van der Waals surface area contributed by atoms with Crippen LogP contribution in [0.2, 0.25) is 0 Å². The molecular weight excluding hydrogens is 398 g/mol. The zero-order valence-electron chi connectivity index (χ0n) is 17.3. The molecule has 1 fully saturated rings. The highest BCUT2D eigenvalue weighted by molar-refractivity contribution is 7.89. The van der Waals surface area contributed by atoms with Gasteiger partial charge < -0.3 is 10.1 Å². The van der Waals surface area contributed by atoms with Gasteiger partial charge in [0.1, 0.15) is 11.6 Å². The van der Waals surface area contributed by atoms with Crippen LogP contribution in [0, 0.1) is 0 Å². The summed E-state index contributed by atoms with van der Waals surface area (Å²) in [5.41, 5.74) is 1.85. The van der Waals surface area contributed by atoms with Crippen LogP contribution < -0.4 is 10.1 Å². The monoisotopic (exact) mass is 425 g/mol. The van der Waals surface area contributed by atoms with Gasteiger partial charge in [-0.2, -0.15) is 4.31 Å². The predicted octanol–water partition coefficient (Wildman–Crippen LogP) is 4.42. The first kappa shape index (κ1) is 20.6. The third-order valence-corrected chi connectivity index (χ3v) is 7.63. The molecule has 0 amide bonds. The lowest BCUT2D eigenvalue weighted by molar-refractivity contribution is 0.268. The summed E-state index contributed by atoms with van der Waals surface area (Å²) in [6, 6.07) is 16.9. The van der Waals surface area contributed by atoms with Crippen molar-refractivity contribution in [1.29, 1.82) is 0 Å². The average Bonchev–Trinajstić information content (AvgIpc) is 2.77. The highest BCUT2D eigenvalue weighted by Gasteiger charge is 2.31. The summed E-state index contributed by atoms with van der Waals surface area (Å²) in [4.78, 5) is 4.97. The summed E-state index contributed by atoms with van der Waals surface area (Å²) in [7, 11) is -1.84. The molecule has 1 aliphatic heterocycles. The van der Waals surface area contributed by atoms with Crippen LogP contribution in [0.15, 0.2) is 59.5 Å². The van der Waals surface area contributed by atoms with Gasteiger partial charge in [0.15, 0.2) is 0 Å². The van der Waals surface area contributed by atoms with Gasteiger partial charge in [-0.1, -0.05) is 18.6 Å². The summed E-state index contributed by atoms with van der Waals surface area (Å²) in [6.07, 6.45) is 2.91. The molecule has 4 rings (SSSR count). The zero-order valence-corrected chi connectivity index (χ0v) is 18.2. The number of nitrogens with zero attached hydrogens (tertiary/aromatic N) is 2. The number of nitrogens with one attached hydrogen (secondary N) is 1. The van der Waals surface area contributed by atoms with E-state index in [4.69, 9.17) is 4.74 Å². The number of ether oxygens (including phenoxy) is 1. The molecule has 2 heterocycles. The van der Waals surface area contributed by atoms with Crippen molar-refractivity contribution in [2.24, 2.45) is 0 Å². The number of pyridine rings is 1. The van der Waals surface area contributed by atoms with Crippen molar-refractivity contribution in [3.8, 4) is 5.75 Å². The Morgan fingerprint density at radius 3 is 2.80 bits per heavy atom. The van der Waals surface area contributed by atoms with Crippen LogP contribution in [0.1, 0.15) is 31.7 Å². The van der Waals surface area contributed by atoms with E-state index >= 15 is 0 Å². The van der Waals surface area contributed by atoms with E-state index in [2.05, 4.69) is 10.3 Å². The Balaban J connectivity index is 1.53. The van der Waals surface area contributed by atoms with Crippen molar-refractivity contribution in [3.63, 3.8) is 0 Å². The number of aromatic nitrogens is 1. The van der Waals surface area contributed by atoms with Crippen LogP contribution in [0.5, 0.6) is 5.75 Å².